The molecule has 0 saturated carbocycles. The van der Waals surface area contributed by atoms with E-state index in [4.69, 9.17) is 0 Å². The van der Waals surface area contributed by atoms with Gasteiger partial charge in [-0.05, 0) is 21.8 Å². The van der Waals surface area contributed by atoms with E-state index in [0.717, 1.165) is 0 Å². The van der Waals surface area contributed by atoms with Crippen molar-refractivity contribution in [1.82, 2.24) is 0 Å². The molecular weight excluding hydrogens is 483 g/mol. The largest absolute Gasteiger partial charge is 0.227 e. The molecule has 2 unspecified atom stereocenters. The summed E-state index contributed by atoms with van der Waals surface area (Å²) in [6, 6.07) is 4.98. The normalized spacial score (nSPS) is 24.4. The van der Waals surface area contributed by atoms with Gasteiger partial charge in [-0.15, -0.1) is 0 Å². The average molecular weight is 540 g/mol. The first-order valence-corrected chi connectivity index (χ1v) is 25.3. The number of hydrogen-bond donors (Lipinski definition) is 0. The lowest BCUT2D eigenvalue weighted by atomic mass is 9.75. The van der Waals surface area contributed by atoms with E-state index in [0.29, 0.717) is 0 Å². The highest BCUT2D eigenvalue weighted by Gasteiger charge is 2.97. The van der Waals surface area contributed by atoms with Gasteiger partial charge in [0.1, 0.15) is 33.9 Å². The van der Waals surface area contributed by atoms with Crippen molar-refractivity contribution in [2.45, 2.75) is 147 Å². The lowest BCUT2D eigenvalue weighted by Gasteiger charge is -2.38. The van der Waals surface area contributed by atoms with Crippen LogP contribution in [0.4, 0.5) is 4.39 Å². The molecule has 0 N–H and O–H groups in total. The Balaban J connectivity index is 3.22. The minimum Gasteiger partial charge on any atom is -0.200 e. The van der Waals surface area contributed by atoms with Crippen molar-refractivity contribution in [3.8, 4) is 0 Å². The molecule has 0 bridgehead atoms. The van der Waals surface area contributed by atoms with Crippen LogP contribution in [0.2, 0.25) is 58.9 Å². The van der Waals surface area contributed by atoms with Crippen LogP contribution in [0.5, 0.6) is 0 Å². The summed E-state index contributed by atoms with van der Waals surface area (Å²) in [4.78, 5) is 0. The Morgan fingerprint density at radius 3 is 1.09 bits per heavy atom. The number of halogens is 1. The summed E-state index contributed by atoms with van der Waals surface area (Å²) in [6.45, 7) is 43.1. The van der Waals surface area contributed by atoms with Crippen LogP contribution in [0.1, 0.15) is 79.0 Å². The number of rotatable bonds is 4. The molecule has 0 aromatic heterocycles. The molecule has 5 heteroatoms. The van der Waals surface area contributed by atoms with Gasteiger partial charge in [0.15, 0.2) is 0 Å². The molecule has 2 rings (SSSR count). The monoisotopic (exact) mass is 539 g/mol. The third-order valence-corrected chi connectivity index (χ3v) is 33.7. The standard InChI is InChI=1S/C29H56FPSi3/c1-25(2,3)21-19-22(26(4,5)6)24(23(20-21)27(7,8)9)31-28(30,32(10,11)12)29(31,33(13,14)15)34(16,17)18/h19-20H,1-18H3/p+1. The third kappa shape index (κ3) is 4.43. The quantitative estimate of drug-likeness (QED) is 0.264. The fourth-order valence-electron chi connectivity index (χ4n) is 7.11. The molecule has 1 aliphatic rings. The van der Waals surface area contributed by atoms with Crippen LogP contribution in [0.15, 0.2) is 12.1 Å². The lowest BCUT2D eigenvalue weighted by molar-refractivity contribution is 0.427. The van der Waals surface area contributed by atoms with Crippen LogP contribution in [-0.2, 0) is 16.2 Å². The molecule has 34 heavy (non-hydrogen) atoms. The second-order valence-electron chi connectivity index (χ2n) is 17.2. The Bertz CT molecular complexity index is 892. The Morgan fingerprint density at radius 2 is 0.912 bits per heavy atom. The van der Waals surface area contributed by atoms with Gasteiger partial charge in [0, 0.05) is 11.1 Å². The maximum Gasteiger partial charge on any atom is 0.227 e. The van der Waals surface area contributed by atoms with E-state index in [-0.39, 0.29) is 20.6 Å². The van der Waals surface area contributed by atoms with Gasteiger partial charge in [-0.1, -0.05) is 133 Å². The summed E-state index contributed by atoms with van der Waals surface area (Å²) in [7, 11) is -7.25. The molecule has 0 radical (unpaired) electrons. The van der Waals surface area contributed by atoms with E-state index >= 15 is 4.39 Å². The predicted octanol–water partition coefficient (Wildman–Crippen LogP) is 9.47. The Labute approximate surface area is 217 Å². The Kier molecular flexibility index (Phi) is 7.27. The molecular formula is C29H57FPSi3+. The first kappa shape index (κ1) is 30.5. The van der Waals surface area contributed by atoms with E-state index in [1.54, 1.807) is 0 Å². The third-order valence-electron chi connectivity index (χ3n) is 8.33. The van der Waals surface area contributed by atoms with Gasteiger partial charge in [-0.25, -0.2) is 4.39 Å². The highest BCUT2D eigenvalue weighted by atomic mass is 31.1. The topological polar surface area (TPSA) is 0 Å². The van der Waals surface area contributed by atoms with Gasteiger partial charge in [0.25, 0.3) is 0 Å². The number of benzene rings is 1. The van der Waals surface area contributed by atoms with E-state index < -0.39 is 37.2 Å². The molecule has 1 aromatic rings. The van der Waals surface area contributed by atoms with Crippen molar-refractivity contribution in [2.24, 2.45) is 0 Å². The van der Waals surface area contributed by atoms with Crippen molar-refractivity contribution >= 4 is 37.4 Å². The van der Waals surface area contributed by atoms with Crippen LogP contribution in [0, 0.1) is 0 Å². The van der Waals surface area contributed by atoms with Crippen molar-refractivity contribution in [3.05, 3.63) is 28.8 Å². The lowest BCUT2D eigenvalue weighted by Crippen LogP contribution is -2.65. The van der Waals surface area contributed by atoms with Gasteiger partial charge in [0.05, 0.1) is 7.92 Å². The van der Waals surface area contributed by atoms with Gasteiger partial charge >= 0.3 is 0 Å². The molecule has 0 spiro atoms. The predicted molar refractivity (Wildman–Crippen MR) is 167 cm³/mol. The molecule has 0 nitrogen and oxygen atoms in total. The minimum atomic E-state index is -2.11. The highest BCUT2D eigenvalue weighted by Crippen LogP contribution is 2.90. The molecule has 0 amide bonds. The molecule has 1 heterocycles. The van der Waals surface area contributed by atoms with Crippen LogP contribution in [-0.4, -0.2) is 33.7 Å². The zero-order chi connectivity index (χ0) is 27.3. The van der Waals surface area contributed by atoms with Crippen LogP contribution < -0.4 is 5.30 Å². The molecule has 0 aliphatic carbocycles. The maximum atomic E-state index is 18.3. The second-order valence-corrected chi connectivity index (χ2v) is 37.6. The van der Waals surface area contributed by atoms with Crippen molar-refractivity contribution in [2.75, 3.05) is 0 Å². The summed E-state index contributed by atoms with van der Waals surface area (Å²) in [6.07, 6.45) is 0. The van der Waals surface area contributed by atoms with Crippen LogP contribution in [0.3, 0.4) is 0 Å². The van der Waals surface area contributed by atoms with Crippen LogP contribution >= 0.6 is 7.92 Å². The van der Waals surface area contributed by atoms with Crippen molar-refractivity contribution in [3.63, 3.8) is 0 Å². The summed E-state index contributed by atoms with van der Waals surface area (Å²) in [5.74, 6) is 0. The molecule has 196 valence electrons. The summed E-state index contributed by atoms with van der Waals surface area (Å²) in [5.41, 5.74) is 4.33. The zero-order valence-electron chi connectivity index (χ0n) is 26.0. The van der Waals surface area contributed by atoms with Gasteiger partial charge < -0.3 is 0 Å². The maximum absolute atomic E-state index is 18.3. The minimum absolute atomic E-state index is 0.0121. The van der Waals surface area contributed by atoms with Crippen molar-refractivity contribution in [1.29, 1.82) is 0 Å². The molecule has 1 fully saturated rings. The van der Waals surface area contributed by atoms with E-state index in [1.165, 1.54) is 22.0 Å². The van der Waals surface area contributed by atoms with Gasteiger partial charge in [0.2, 0.25) is 5.03 Å². The van der Waals surface area contributed by atoms with E-state index in [2.05, 4.69) is 133 Å². The number of alkyl halides is 1. The molecule has 1 aromatic carbocycles. The fraction of sp³-hybridized carbons (Fsp3) is 0.793. The second kappa shape index (κ2) is 8.11. The summed E-state index contributed by atoms with van der Waals surface area (Å²) in [5, 5.41) is 0.538. The Morgan fingerprint density at radius 1 is 0.588 bits per heavy atom. The summed E-state index contributed by atoms with van der Waals surface area (Å²) < 4.78 is 18.3. The highest BCUT2D eigenvalue weighted by molar-refractivity contribution is 7.86. The first-order valence-electron chi connectivity index (χ1n) is 13.3. The molecule has 2 atom stereocenters. The Hall–Kier alpha value is 0.231. The van der Waals surface area contributed by atoms with Crippen LogP contribution in [0.25, 0.3) is 0 Å². The van der Waals surface area contributed by atoms with E-state index in [9.17, 15) is 0 Å². The number of hydrogen-bond acceptors (Lipinski definition) is 0. The smallest absolute Gasteiger partial charge is 0.200 e. The fourth-order valence-corrected chi connectivity index (χ4v) is 43.3. The molecule has 1 aliphatic heterocycles. The van der Waals surface area contributed by atoms with Crippen molar-refractivity contribution < 1.29 is 4.39 Å². The van der Waals surface area contributed by atoms with Gasteiger partial charge in [-0.2, -0.15) is 0 Å². The SMILES string of the molecule is CC(C)(C)c1cc(C(C)(C)C)c([PH+]2C(F)([Si](C)(C)C)C2([Si](C)(C)C)[Si](C)(C)C)c(C(C)(C)C)c1. The molecule has 1 saturated heterocycles. The average Bonchev–Trinajstić information content (AvgIpc) is 3.14. The zero-order valence-corrected chi connectivity index (χ0v) is 30.0. The summed E-state index contributed by atoms with van der Waals surface area (Å²) >= 11 is 0. The van der Waals surface area contributed by atoms with Gasteiger partial charge in [-0.3, -0.25) is 0 Å². The van der Waals surface area contributed by atoms with E-state index in [1.807, 2.05) is 0 Å². The first-order chi connectivity index (χ1) is 14.6.